The summed E-state index contributed by atoms with van der Waals surface area (Å²) in [6.45, 7) is 2.65. The highest BCUT2D eigenvalue weighted by atomic mass is 16.4. The van der Waals surface area contributed by atoms with Crippen molar-refractivity contribution in [2.75, 3.05) is 0 Å². The highest BCUT2D eigenvalue weighted by molar-refractivity contribution is 5.94. The first-order chi connectivity index (χ1) is 16.1. The number of imidazole rings is 1. The van der Waals surface area contributed by atoms with Crippen molar-refractivity contribution in [2.45, 2.75) is 57.0 Å². The van der Waals surface area contributed by atoms with E-state index in [4.69, 9.17) is 10.8 Å². The van der Waals surface area contributed by atoms with E-state index in [1.54, 1.807) is 30.3 Å². The second-order valence-electron chi connectivity index (χ2n) is 7.93. The van der Waals surface area contributed by atoms with Crippen LogP contribution in [-0.4, -0.2) is 74.1 Å². The first-order valence-electron chi connectivity index (χ1n) is 10.7. The Bertz CT molecular complexity index is 966. The predicted octanol–water partition coefficient (Wildman–Crippen LogP) is -1.54. The largest absolute Gasteiger partial charge is 0.480 e. The van der Waals surface area contributed by atoms with Crippen molar-refractivity contribution in [3.63, 3.8) is 0 Å². The average Bonchev–Trinajstić information content (AvgIpc) is 3.31. The van der Waals surface area contributed by atoms with Crippen LogP contribution in [-0.2, 0) is 32.0 Å². The molecule has 8 N–H and O–H groups in total. The molecule has 2 aromatic rings. The zero-order chi connectivity index (χ0) is 25.3. The number of hydrogen-bond acceptors (Lipinski definition) is 7. The van der Waals surface area contributed by atoms with Gasteiger partial charge in [-0.1, -0.05) is 30.3 Å². The minimum Gasteiger partial charge on any atom is -0.480 e. The number of amides is 3. The summed E-state index contributed by atoms with van der Waals surface area (Å²) in [4.78, 5) is 56.3. The third-order valence-electron chi connectivity index (χ3n) is 5.08. The van der Waals surface area contributed by atoms with Gasteiger partial charge in [0.05, 0.1) is 12.4 Å². The number of aliphatic hydroxyl groups excluding tert-OH is 1. The number of carboxylic acid groups (broad SMARTS) is 1. The van der Waals surface area contributed by atoms with Gasteiger partial charge in [0.15, 0.2) is 0 Å². The van der Waals surface area contributed by atoms with Crippen LogP contribution in [0.5, 0.6) is 0 Å². The predicted molar refractivity (Wildman–Crippen MR) is 121 cm³/mol. The topological polar surface area (TPSA) is 200 Å². The van der Waals surface area contributed by atoms with Gasteiger partial charge in [0, 0.05) is 24.7 Å². The van der Waals surface area contributed by atoms with E-state index in [-0.39, 0.29) is 12.8 Å². The number of nitrogens with two attached hydrogens (primary N) is 1. The Morgan fingerprint density at radius 2 is 1.56 bits per heavy atom. The molecule has 1 heterocycles. The molecule has 0 saturated heterocycles. The maximum absolute atomic E-state index is 13.2. The van der Waals surface area contributed by atoms with E-state index in [0.29, 0.717) is 5.69 Å². The highest BCUT2D eigenvalue weighted by Crippen LogP contribution is 2.06. The maximum atomic E-state index is 13.2. The molecule has 3 amide bonds. The van der Waals surface area contributed by atoms with Crippen molar-refractivity contribution >= 4 is 23.7 Å². The first kappa shape index (κ1) is 26.5. The second kappa shape index (κ2) is 12.5. The van der Waals surface area contributed by atoms with E-state index < -0.39 is 54.0 Å². The molecule has 1 aromatic carbocycles. The lowest BCUT2D eigenvalue weighted by atomic mass is 10.0. The van der Waals surface area contributed by atoms with Crippen molar-refractivity contribution in [1.29, 1.82) is 0 Å². The average molecular weight is 475 g/mol. The Morgan fingerprint density at radius 3 is 2.12 bits per heavy atom. The van der Waals surface area contributed by atoms with E-state index in [1.807, 2.05) is 0 Å². The summed E-state index contributed by atoms with van der Waals surface area (Å²) >= 11 is 0. The Labute approximate surface area is 196 Å². The van der Waals surface area contributed by atoms with Gasteiger partial charge in [0.25, 0.3) is 0 Å². The molecule has 184 valence electrons. The third-order valence-corrected chi connectivity index (χ3v) is 5.08. The molecule has 1 aromatic heterocycles. The van der Waals surface area contributed by atoms with Crippen molar-refractivity contribution in [2.24, 2.45) is 5.73 Å². The fourth-order valence-electron chi connectivity index (χ4n) is 3.02. The van der Waals surface area contributed by atoms with E-state index >= 15 is 0 Å². The molecule has 0 aliphatic carbocycles. The Morgan fingerprint density at radius 1 is 0.971 bits per heavy atom. The first-order valence-corrected chi connectivity index (χ1v) is 10.7. The van der Waals surface area contributed by atoms with E-state index in [1.165, 1.54) is 26.4 Å². The third kappa shape index (κ3) is 7.98. The molecule has 0 fully saturated rings. The van der Waals surface area contributed by atoms with Gasteiger partial charge in [-0.15, -0.1) is 0 Å². The summed E-state index contributed by atoms with van der Waals surface area (Å²) < 4.78 is 0. The van der Waals surface area contributed by atoms with Crippen LogP contribution in [0, 0.1) is 0 Å². The smallest absolute Gasteiger partial charge is 0.325 e. The minimum absolute atomic E-state index is 0.00923. The SMILES string of the molecule is CC(NC(=O)C(Cc1ccccc1)NC(=O)C(Cc1cnc[nH]1)NC(=O)C(N)C(C)O)C(=O)O. The van der Waals surface area contributed by atoms with Crippen LogP contribution in [0.25, 0.3) is 0 Å². The monoisotopic (exact) mass is 474 g/mol. The number of carbonyl (C=O) groups is 4. The number of carbonyl (C=O) groups excluding carboxylic acids is 3. The summed E-state index contributed by atoms with van der Waals surface area (Å²) in [6, 6.07) is 4.14. The second-order valence-corrected chi connectivity index (χ2v) is 7.93. The summed E-state index contributed by atoms with van der Waals surface area (Å²) in [7, 11) is 0. The number of H-pyrrole nitrogens is 1. The van der Waals surface area contributed by atoms with E-state index in [0.717, 1.165) is 5.56 Å². The molecule has 0 bridgehead atoms. The highest BCUT2D eigenvalue weighted by Gasteiger charge is 2.30. The quantitative estimate of drug-likeness (QED) is 0.192. The van der Waals surface area contributed by atoms with Crippen LogP contribution >= 0.6 is 0 Å². The molecule has 12 heteroatoms. The fourth-order valence-corrected chi connectivity index (χ4v) is 3.02. The number of aromatic nitrogens is 2. The molecule has 0 aliphatic heterocycles. The number of aliphatic hydroxyl groups is 1. The standard InChI is InChI=1S/C22H30N6O6/c1-12(22(33)34)26-19(30)16(8-14-6-4-3-5-7-14)27-20(31)17(9-15-10-24-11-25-15)28-21(32)18(23)13(2)29/h3-7,10-13,16-18,29H,8-9,23H2,1-2H3,(H,24,25)(H,26,30)(H,27,31)(H,28,32)(H,33,34). The van der Waals surface area contributed by atoms with Gasteiger partial charge in [-0.2, -0.15) is 0 Å². The maximum Gasteiger partial charge on any atom is 0.325 e. The van der Waals surface area contributed by atoms with E-state index in [9.17, 15) is 24.3 Å². The number of hydrogen-bond donors (Lipinski definition) is 7. The number of aromatic amines is 1. The molecule has 2 rings (SSSR count). The lowest BCUT2D eigenvalue weighted by Gasteiger charge is -2.25. The lowest BCUT2D eigenvalue weighted by Crippen LogP contribution is -2.58. The van der Waals surface area contributed by atoms with Crippen molar-refractivity contribution in [3.05, 3.63) is 54.1 Å². The molecule has 0 radical (unpaired) electrons. The van der Waals surface area contributed by atoms with Gasteiger partial charge < -0.3 is 36.9 Å². The van der Waals surface area contributed by atoms with Gasteiger partial charge in [0.2, 0.25) is 17.7 Å². The summed E-state index contributed by atoms with van der Waals surface area (Å²) in [5, 5.41) is 26.2. The van der Waals surface area contributed by atoms with Gasteiger partial charge in [0.1, 0.15) is 24.2 Å². The molecule has 0 saturated carbocycles. The number of nitrogens with one attached hydrogen (secondary N) is 4. The molecular weight excluding hydrogens is 444 g/mol. The normalized spacial score (nSPS) is 15.3. The zero-order valence-corrected chi connectivity index (χ0v) is 18.9. The van der Waals surface area contributed by atoms with Gasteiger partial charge in [-0.25, -0.2) is 4.98 Å². The number of aliphatic carboxylic acids is 1. The van der Waals surface area contributed by atoms with E-state index in [2.05, 4.69) is 25.9 Å². The van der Waals surface area contributed by atoms with Crippen molar-refractivity contribution in [1.82, 2.24) is 25.9 Å². The number of benzene rings is 1. The van der Waals surface area contributed by atoms with Crippen LogP contribution in [0.2, 0.25) is 0 Å². The summed E-state index contributed by atoms with van der Waals surface area (Å²) in [6.07, 6.45) is 1.83. The van der Waals surface area contributed by atoms with Crippen molar-refractivity contribution in [3.8, 4) is 0 Å². The molecule has 12 nitrogen and oxygen atoms in total. The zero-order valence-electron chi connectivity index (χ0n) is 18.9. The van der Waals surface area contributed by atoms with Gasteiger partial charge in [-0.05, 0) is 19.4 Å². The fraction of sp³-hybridized carbons (Fsp3) is 0.409. The summed E-state index contributed by atoms with van der Waals surface area (Å²) in [5.74, 6) is -3.37. The van der Waals surface area contributed by atoms with Crippen LogP contribution < -0.4 is 21.7 Å². The molecule has 0 aliphatic rings. The summed E-state index contributed by atoms with van der Waals surface area (Å²) in [5.41, 5.74) is 6.95. The molecular formula is C22H30N6O6. The Hall–Kier alpha value is -3.77. The van der Waals surface area contributed by atoms with Crippen LogP contribution in [0.1, 0.15) is 25.1 Å². The lowest BCUT2D eigenvalue weighted by molar-refractivity contribution is -0.141. The molecule has 5 unspecified atom stereocenters. The number of rotatable bonds is 12. The Kier molecular flexibility index (Phi) is 9.71. The molecule has 5 atom stereocenters. The van der Waals surface area contributed by atoms with Gasteiger partial charge in [-0.3, -0.25) is 19.2 Å². The van der Waals surface area contributed by atoms with Crippen molar-refractivity contribution < 1.29 is 29.4 Å². The van der Waals surface area contributed by atoms with Gasteiger partial charge >= 0.3 is 5.97 Å². The minimum atomic E-state index is -1.27. The Balaban J connectivity index is 2.24. The number of nitrogens with zero attached hydrogens (tertiary/aromatic N) is 1. The van der Waals surface area contributed by atoms with Crippen LogP contribution in [0.3, 0.4) is 0 Å². The van der Waals surface area contributed by atoms with Crippen LogP contribution in [0.15, 0.2) is 42.9 Å². The van der Waals surface area contributed by atoms with Crippen LogP contribution in [0.4, 0.5) is 0 Å². The number of carboxylic acids is 1. The molecule has 34 heavy (non-hydrogen) atoms. The molecule has 0 spiro atoms.